The molecule has 0 fully saturated rings. The number of aromatic nitrogens is 2. The molecule has 0 aliphatic rings. The van der Waals surface area contributed by atoms with Crippen LogP contribution in [0.3, 0.4) is 0 Å². The minimum absolute atomic E-state index is 0.000741. The highest BCUT2D eigenvalue weighted by atomic mass is 79.9. The van der Waals surface area contributed by atoms with E-state index in [2.05, 4.69) is 25.9 Å². The van der Waals surface area contributed by atoms with E-state index in [1.54, 1.807) is 0 Å². The quantitative estimate of drug-likeness (QED) is 0.546. The van der Waals surface area contributed by atoms with E-state index >= 15 is 0 Å². The van der Waals surface area contributed by atoms with Gasteiger partial charge in [0.25, 0.3) is 0 Å². The van der Waals surface area contributed by atoms with E-state index in [0.717, 1.165) is 12.4 Å². The summed E-state index contributed by atoms with van der Waals surface area (Å²) in [6, 6.07) is 1.00. The third-order valence-electron chi connectivity index (χ3n) is 1.71. The molecular weight excluding hydrogens is 277 g/mol. The first kappa shape index (κ1) is 9.73. The molecule has 0 saturated carbocycles. The number of rotatable bonds is 0. The Labute approximate surface area is 91.1 Å². The van der Waals surface area contributed by atoms with E-state index in [1.807, 2.05) is 0 Å². The molecular formula is C8H2BrClF2N2. The largest absolute Gasteiger partial charge is 0.233 e. The van der Waals surface area contributed by atoms with Gasteiger partial charge in [0.1, 0.15) is 22.8 Å². The molecule has 0 aliphatic carbocycles. The van der Waals surface area contributed by atoms with Crippen molar-refractivity contribution in [2.24, 2.45) is 0 Å². The third-order valence-corrected chi connectivity index (χ3v) is 2.57. The predicted molar refractivity (Wildman–Crippen MR) is 52.2 cm³/mol. The first-order valence-electron chi connectivity index (χ1n) is 3.55. The van der Waals surface area contributed by atoms with Gasteiger partial charge in [0.2, 0.25) is 0 Å². The van der Waals surface area contributed by atoms with Gasteiger partial charge in [-0.1, -0.05) is 11.6 Å². The van der Waals surface area contributed by atoms with E-state index in [9.17, 15) is 8.78 Å². The van der Waals surface area contributed by atoms with Crippen LogP contribution in [0.25, 0.3) is 10.9 Å². The van der Waals surface area contributed by atoms with Gasteiger partial charge in [-0.25, -0.2) is 18.7 Å². The average molecular weight is 279 g/mol. The van der Waals surface area contributed by atoms with E-state index in [4.69, 9.17) is 11.6 Å². The summed E-state index contributed by atoms with van der Waals surface area (Å²) in [4.78, 5) is 7.19. The summed E-state index contributed by atoms with van der Waals surface area (Å²) in [5.41, 5.74) is -0.120. The highest BCUT2D eigenvalue weighted by molar-refractivity contribution is 9.10. The average Bonchev–Trinajstić information content (AvgIpc) is 2.14. The van der Waals surface area contributed by atoms with Crippen LogP contribution in [0.4, 0.5) is 8.78 Å². The maximum absolute atomic E-state index is 13.5. The minimum atomic E-state index is -0.660. The Morgan fingerprint density at radius 2 is 2.00 bits per heavy atom. The maximum atomic E-state index is 13.5. The van der Waals surface area contributed by atoms with Crippen molar-refractivity contribution in [3.05, 3.63) is 33.7 Å². The van der Waals surface area contributed by atoms with Gasteiger partial charge in [0.05, 0.1) is 9.86 Å². The number of benzene rings is 1. The molecule has 6 heteroatoms. The second kappa shape index (κ2) is 3.40. The van der Waals surface area contributed by atoms with Crippen LogP contribution in [-0.4, -0.2) is 9.97 Å². The van der Waals surface area contributed by atoms with Crippen molar-refractivity contribution < 1.29 is 8.78 Å². The van der Waals surface area contributed by atoms with Gasteiger partial charge in [0, 0.05) is 0 Å². The fourth-order valence-corrected chi connectivity index (χ4v) is 1.72. The molecule has 0 spiro atoms. The first-order valence-corrected chi connectivity index (χ1v) is 4.72. The van der Waals surface area contributed by atoms with Crippen LogP contribution in [0.1, 0.15) is 0 Å². The van der Waals surface area contributed by atoms with Crippen LogP contribution in [-0.2, 0) is 0 Å². The zero-order chi connectivity index (χ0) is 10.3. The molecule has 2 nitrogen and oxygen atoms in total. The second-order valence-corrected chi connectivity index (χ2v) is 3.75. The zero-order valence-electron chi connectivity index (χ0n) is 6.56. The Bertz CT molecular complexity index is 518. The number of hydrogen-bond donors (Lipinski definition) is 0. The fraction of sp³-hybridized carbons (Fsp3) is 0. The smallest absolute Gasteiger partial charge is 0.150 e. The molecule has 0 N–H and O–H groups in total. The molecule has 0 amide bonds. The topological polar surface area (TPSA) is 25.8 Å². The Morgan fingerprint density at radius 1 is 1.29 bits per heavy atom. The molecule has 0 saturated heterocycles. The summed E-state index contributed by atoms with van der Waals surface area (Å²) in [5, 5.41) is -0.214. The summed E-state index contributed by atoms with van der Waals surface area (Å²) in [7, 11) is 0. The molecule has 0 bridgehead atoms. The lowest BCUT2D eigenvalue weighted by Gasteiger charge is -2.02. The molecule has 14 heavy (non-hydrogen) atoms. The van der Waals surface area contributed by atoms with E-state index in [1.165, 1.54) is 0 Å². The van der Waals surface area contributed by atoms with Crippen LogP contribution in [0, 0.1) is 11.6 Å². The van der Waals surface area contributed by atoms with Crippen molar-refractivity contribution in [3.63, 3.8) is 0 Å². The van der Waals surface area contributed by atoms with Crippen LogP contribution in [0.5, 0.6) is 0 Å². The zero-order valence-corrected chi connectivity index (χ0v) is 8.90. The molecule has 2 aromatic rings. The molecule has 0 atom stereocenters. The molecule has 0 unspecified atom stereocenters. The Hall–Kier alpha value is -0.810. The fourth-order valence-electron chi connectivity index (χ4n) is 1.10. The second-order valence-electron chi connectivity index (χ2n) is 2.54. The number of halogens is 4. The van der Waals surface area contributed by atoms with E-state index in [-0.39, 0.29) is 20.5 Å². The highest BCUT2D eigenvalue weighted by Crippen LogP contribution is 2.29. The summed E-state index contributed by atoms with van der Waals surface area (Å²) in [6.07, 6.45) is 1.08. The van der Waals surface area contributed by atoms with Crippen molar-refractivity contribution >= 4 is 38.4 Å². The maximum Gasteiger partial charge on any atom is 0.150 e. The van der Waals surface area contributed by atoms with Gasteiger partial charge in [-0.15, -0.1) is 0 Å². The molecule has 0 aliphatic heterocycles. The van der Waals surface area contributed by atoms with Gasteiger partial charge in [-0.2, -0.15) is 0 Å². The summed E-state index contributed by atoms with van der Waals surface area (Å²) in [6.45, 7) is 0. The third kappa shape index (κ3) is 1.36. The van der Waals surface area contributed by atoms with Crippen molar-refractivity contribution in [1.29, 1.82) is 0 Å². The minimum Gasteiger partial charge on any atom is -0.233 e. The molecule has 1 aromatic carbocycles. The molecule has 72 valence electrons. The lowest BCUT2D eigenvalue weighted by molar-refractivity contribution is 0.609. The standard InChI is InChI=1S/C8H2BrClF2N2/c9-3-1-4(11)7-5(6(3)12)8(10)14-2-13-7/h1-2H. The number of fused-ring (bicyclic) bond motifs is 1. The Kier molecular flexibility index (Phi) is 2.36. The van der Waals surface area contributed by atoms with Gasteiger partial charge >= 0.3 is 0 Å². The number of hydrogen-bond acceptors (Lipinski definition) is 2. The van der Waals surface area contributed by atoms with Gasteiger partial charge in [-0.05, 0) is 22.0 Å². The molecule has 1 heterocycles. The lowest BCUT2D eigenvalue weighted by Crippen LogP contribution is -1.92. The number of nitrogens with zero attached hydrogens (tertiary/aromatic N) is 2. The summed E-state index contributed by atoms with van der Waals surface area (Å²) in [5.74, 6) is -1.30. The van der Waals surface area contributed by atoms with Gasteiger partial charge in [-0.3, -0.25) is 0 Å². The molecule has 0 radical (unpaired) electrons. The summed E-state index contributed by atoms with van der Waals surface area (Å²) >= 11 is 8.50. The van der Waals surface area contributed by atoms with Crippen molar-refractivity contribution in [1.82, 2.24) is 9.97 Å². The predicted octanol–water partition coefficient (Wildman–Crippen LogP) is 3.32. The van der Waals surface area contributed by atoms with Gasteiger partial charge < -0.3 is 0 Å². The van der Waals surface area contributed by atoms with Gasteiger partial charge in [0.15, 0.2) is 5.82 Å². The Morgan fingerprint density at radius 3 is 2.71 bits per heavy atom. The van der Waals surface area contributed by atoms with Crippen molar-refractivity contribution in [3.8, 4) is 0 Å². The first-order chi connectivity index (χ1) is 6.61. The lowest BCUT2D eigenvalue weighted by atomic mass is 10.2. The monoisotopic (exact) mass is 278 g/mol. The van der Waals surface area contributed by atoms with Crippen LogP contribution >= 0.6 is 27.5 Å². The van der Waals surface area contributed by atoms with Crippen molar-refractivity contribution in [2.45, 2.75) is 0 Å². The van der Waals surface area contributed by atoms with E-state index in [0.29, 0.717) is 0 Å². The SMILES string of the molecule is Fc1cc(Br)c(F)c2c(Cl)ncnc12. The summed E-state index contributed by atoms with van der Waals surface area (Å²) < 4.78 is 26.7. The molecule has 2 rings (SSSR count). The highest BCUT2D eigenvalue weighted by Gasteiger charge is 2.14. The Balaban J connectivity index is 3.03. The molecule has 1 aromatic heterocycles. The normalized spacial score (nSPS) is 10.9. The van der Waals surface area contributed by atoms with Crippen LogP contribution in [0.2, 0.25) is 5.15 Å². The van der Waals surface area contributed by atoms with Crippen molar-refractivity contribution in [2.75, 3.05) is 0 Å². The van der Waals surface area contributed by atoms with Crippen LogP contribution < -0.4 is 0 Å². The van der Waals surface area contributed by atoms with E-state index < -0.39 is 11.6 Å². The van der Waals surface area contributed by atoms with Crippen LogP contribution in [0.15, 0.2) is 16.9 Å².